The Kier molecular flexibility index (Phi) is 5.00. The fourth-order valence-electron chi connectivity index (χ4n) is 4.76. The Morgan fingerprint density at radius 1 is 0.933 bits per heavy atom. The van der Waals surface area contributed by atoms with Gasteiger partial charge in [0, 0.05) is 17.8 Å². The Labute approximate surface area is 179 Å². The third kappa shape index (κ3) is 3.59. The zero-order chi connectivity index (χ0) is 20.5. The molecule has 2 nitrogen and oxygen atoms in total. The van der Waals surface area contributed by atoms with E-state index in [9.17, 15) is 0 Å². The lowest BCUT2D eigenvalue weighted by Crippen LogP contribution is -2.28. The summed E-state index contributed by atoms with van der Waals surface area (Å²) in [6.45, 7) is 4.43. The molecule has 0 saturated heterocycles. The Balaban J connectivity index is 1.34. The average Bonchev–Trinajstić information content (AvgIpc) is 3.28. The first-order chi connectivity index (χ1) is 14.7. The summed E-state index contributed by atoms with van der Waals surface area (Å²) >= 11 is 0. The van der Waals surface area contributed by atoms with Gasteiger partial charge in [-0.25, -0.2) is 0 Å². The van der Waals surface area contributed by atoms with E-state index in [0.29, 0.717) is 23.8 Å². The van der Waals surface area contributed by atoms with Crippen molar-refractivity contribution in [3.05, 3.63) is 107 Å². The number of rotatable bonds is 4. The van der Waals surface area contributed by atoms with Crippen LogP contribution < -0.4 is 5.32 Å². The summed E-state index contributed by atoms with van der Waals surface area (Å²) in [5, 5.41) is 3.80. The van der Waals surface area contributed by atoms with E-state index < -0.39 is 0 Å². The fourth-order valence-corrected chi connectivity index (χ4v) is 4.76. The molecule has 2 aliphatic rings. The second kappa shape index (κ2) is 7.95. The molecule has 1 N–H and O–H groups in total. The molecule has 3 aromatic carbocycles. The lowest BCUT2D eigenvalue weighted by Gasteiger charge is -2.37. The number of allylic oxidation sites excluding steroid dienone is 2. The smallest absolute Gasteiger partial charge is 0.0630 e. The normalized spacial score (nSPS) is 22.2. The van der Waals surface area contributed by atoms with Crippen molar-refractivity contribution in [1.82, 2.24) is 0 Å². The van der Waals surface area contributed by atoms with Crippen molar-refractivity contribution in [3.8, 4) is 0 Å². The molecule has 1 aliphatic carbocycles. The summed E-state index contributed by atoms with van der Waals surface area (Å²) in [4.78, 5) is 4.68. The van der Waals surface area contributed by atoms with E-state index in [-0.39, 0.29) is 0 Å². The van der Waals surface area contributed by atoms with Crippen LogP contribution >= 0.6 is 0 Å². The number of fused-ring (bicyclic) bond motifs is 3. The minimum absolute atomic E-state index is 0.335. The van der Waals surface area contributed by atoms with Crippen molar-refractivity contribution in [2.24, 2.45) is 10.9 Å². The topological polar surface area (TPSA) is 24.4 Å². The molecule has 30 heavy (non-hydrogen) atoms. The minimum atomic E-state index is 0.335. The van der Waals surface area contributed by atoms with E-state index in [1.807, 2.05) is 6.21 Å². The van der Waals surface area contributed by atoms with Gasteiger partial charge < -0.3 is 5.32 Å². The van der Waals surface area contributed by atoms with Crippen LogP contribution in [0, 0.1) is 5.92 Å². The summed E-state index contributed by atoms with van der Waals surface area (Å²) in [6, 6.07) is 26.5. The molecular weight excluding hydrogens is 364 g/mol. The number of hydrogen-bond acceptors (Lipinski definition) is 2. The Bertz CT molecular complexity index is 1070. The van der Waals surface area contributed by atoms with Gasteiger partial charge >= 0.3 is 0 Å². The highest BCUT2D eigenvalue weighted by Crippen LogP contribution is 2.49. The first kappa shape index (κ1) is 18.9. The van der Waals surface area contributed by atoms with Crippen LogP contribution in [0.5, 0.6) is 0 Å². The van der Waals surface area contributed by atoms with Gasteiger partial charge in [0.2, 0.25) is 0 Å². The van der Waals surface area contributed by atoms with E-state index >= 15 is 0 Å². The molecule has 1 heterocycles. The lowest BCUT2D eigenvalue weighted by molar-refractivity contribution is 0.425. The summed E-state index contributed by atoms with van der Waals surface area (Å²) in [7, 11) is 0. The van der Waals surface area contributed by atoms with E-state index in [1.165, 1.54) is 22.4 Å². The Hall–Kier alpha value is -3.13. The molecule has 0 unspecified atom stereocenters. The summed E-state index contributed by atoms with van der Waals surface area (Å²) in [5.74, 6) is 1.64. The van der Waals surface area contributed by atoms with Gasteiger partial charge in [-0.3, -0.25) is 4.99 Å². The maximum Gasteiger partial charge on any atom is 0.0630 e. The van der Waals surface area contributed by atoms with Crippen molar-refractivity contribution in [2.45, 2.75) is 38.1 Å². The van der Waals surface area contributed by atoms with Gasteiger partial charge in [0.05, 0.1) is 11.7 Å². The highest BCUT2D eigenvalue weighted by Gasteiger charge is 2.37. The summed E-state index contributed by atoms with van der Waals surface area (Å²) in [5.41, 5.74) is 7.51. The fraction of sp³-hybridized carbons (Fsp3) is 0.250. The Morgan fingerprint density at radius 3 is 2.47 bits per heavy atom. The maximum atomic E-state index is 4.68. The quantitative estimate of drug-likeness (QED) is 0.363. The van der Waals surface area contributed by atoms with Crippen LogP contribution in [0.1, 0.15) is 60.4 Å². The van der Waals surface area contributed by atoms with Crippen LogP contribution in [0.25, 0.3) is 0 Å². The molecule has 0 fully saturated rings. The van der Waals surface area contributed by atoms with E-state index in [0.717, 1.165) is 17.7 Å². The molecule has 0 radical (unpaired) electrons. The van der Waals surface area contributed by atoms with Gasteiger partial charge in [-0.1, -0.05) is 80.6 Å². The van der Waals surface area contributed by atoms with Gasteiger partial charge in [0.25, 0.3) is 0 Å². The van der Waals surface area contributed by atoms with Crippen LogP contribution in [0.3, 0.4) is 0 Å². The van der Waals surface area contributed by atoms with Crippen LogP contribution in [0.15, 0.2) is 89.9 Å². The molecule has 0 amide bonds. The zero-order valence-electron chi connectivity index (χ0n) is 17.6. The third-order valence-corrected chi connectivity index (χ3v) is 6.49. The molecule has 2 heteroatoms. The summed E-state index contributed by atoms with van der Waals surface area (Å²) < 4.78 is 0. The highest BCUT2D eigenvalue weighted by molar-refractivity contribution is 5.82. The van der Waals surface area contributed by atoms with Crippen molar-refractivity contribution in [3.63, 3.8) is 0 Å². The molecule has 3 aromatic rings. The second-order valence-electron chi connectivity index (χ2n) is 8.73. The van der Waals surface area contributed by atoms with E-state index in [1.54, 1.807) is 0 Å². The van der Waals surface area contributed by atoms with Crippen LogP contribution in [-0.2, 0) is 0 Å². The SMILES string of the molecule is CC(C)c1ccc(C=Nc2ccc([C@@H]3Nc4ccccc4[C@@H]4C=CC[C@H]43)cc2)cc1. The second-order valence-corrected chi connectivity index (χ2v) is 8.73. The maximum absolute atomic E-state index is 4.68. The Morgan fingerprint density at radius 2 is 1.70 bits per heavy atom. The molecule has 0 saturated carbocycles. The van der Waals surface area contributed by atoms with Crippen LogP contribution in [0.4, 0.5) is 11.4 Å². The van der Waals surface area contributed by atoms with Crippen LogP contribution in [0.2, 0.25) is 0 Å². The van der Waals surface area contributed by atoms with Crippen molar-refractivity contribution >= 4 is 17.6 Å². The standard InChI is InChI=1S/C28H28N2/c1-19(2)21-12-10-20(11-13-21)18-29-23-16-14-22(15-17-23)28-26-8-5-7-24(26)25-6-3-4-9-27(25)30-28/h3-7,9-19,24,26,28,30H,8H2,1-2H3/t24-,26+,28-/m0/s1. The largest absolute Gasteiger partial charge is 0.378 e. The lowest BCUT2D eigenvalue weighted by atomic mass is 9.77. The third-order valence-electron chi connectivity index (χ3n) is 6.49. The van der Waals surface area contributed by atoms with Crippen LogP contribution in [-0.4, -0.2) is 6.21 Å². The first-order valence-electron chi connectivity index (χ1n) is 10.9. The molecule has 0 spiro atoms. The number of para-hydroxylation sites is 1. The number of nitrogens with one attached hydrogen (secondary N) is 1. The van der Waals surface area contributed by atoms with Gasteiger partial charge in [0.1, 0.15) is 0 Å². The highest BCUT2D eigenvalue weighted by atomic mass is 15.0. The molecule has 1 aliphatic heterocycles. The van der Waals surface area contributed by atoms with Crippen molar-refractivity contribution in [1.29, 1.82) is 0 Å². The van der Waals surface area contributed by atoms with Gasteiger partial charge in [-0.05, 0) is 58.7 Å². The predicted molar refractivity (Wildman–Crippen MR) is 127 cm³/mol. The first-order valence-corrected chi connectivity index (χ1v) is 10.9. The number of aliphatic imine (C=N–C) groups is 1. The number of hydrogen-bond donors (Lipinski definition) is 1. The van der Waals surface area contributed by atoms with Crippen molar-refractivity contribution in [2.75, 3.05) is 5.32 Å². The van der Waals surface area contributed by atoms with E-state index in [2.05, 4.69) is 109 Å². The molecule has 5 rings (SSSR count). The molecule has 3 atom stereocenters. The minimum Gasteiger partial charge on any atom is -0.378 e. The predicted octanol–water partition coefficient (Wildman–Crippen LogP) is 7.39. The number of anilines is 1. The monoisotopic (exact) mass is 392 g/mol. The summed E-state index contributed by atoms with van der Waals surface area (Å²) in [6.07, 6.45) is 7.81. The van der Waals surface area contributed by atoms with Gasteiger partial charge in [-0.15, -0.1) is 0 Å². The molecule has 0 aromatic heterocycles. The zero-order valence-corrected chi connectivity index (χ0v) is 17.6. The molecular formula is C28H28N2. The molecule has 0 bridgehead atoms. The van der Waals surface area contributed by atoms with Gasteiger partial charge in [0.15, 0.2) is 0 Å². The van der Waals surface area contributed by atoms with Gasteiger partial charge in [-0.2, -0.15) is 0 Å². The van der Waals surface area contributed by atoms with E-state index in [4.69, 9.17) is 0 Å². The number of nitrogens with zero attached hydrogens (tertiary/aromatic N) is 1. The average molecular weight is 393 g/mol. The van der Waals surface area contributed by atoms with Crippen molar-refractivity contribution < 1.29 is 0 Å². The number of benzene rings is 3. The molecule has 150 valence electrons.